The van der Waals surface area contributed by atoms with Crippen LogP contribution in [0.3, 0.4) is 0 Å². The Kier molecular flexibility index (Phi) is 5.17. The van der Waals surface area contributed by atoms with Crippen molar-refractivity contribution in [3.63, 3.8) is 0 Å². The standard InChI is InChI=1S/C17H13F3N4OS/c18-17(19,20)12-7-4-8-13(9-12)21-10-14(25)22-16-24-23-15(26-16)11-5-2-1-3-6-11/h1-9,21H,10H2,(H,22,24,25). The fourth-order valence-corrected chi connectivity index (χ4v) is 2.89. The molecule has 0 unspecified atom stereocenters. The van der Waals surface area contributed by atoms with E-state index in [9.17, 15) is 18.0 Å². The molecule has 0 aliphatic carbocycles. The summed E-state index contributed by atoms with van der Waals surface area (Å²) in [7, 11) is 0. The molecule has 26 heavy (non-hydrogen) atoms. The van der Waals surface area contributed by atoms with Crippen molar-refractivity contribution in [3.05, 3.63) is 60.2 Å². The van der Waals surface area contributed by atoms with Crippen molar-refractivity contribution in [2.75, 3.05) is 17.2 Å². The van der Waals surface area contributed by atoms with Crippen LogP contribution in [0.15, 0.2) is 54.6 Å². The van der Waals surface area contributed by atoms with Gasteiger partial charge in [-0.3, -0.25) is 10.1 Å². The minimum Gasteiger partial charge on any atom is -0.376 e. The minimum atomic E-state index is -4.43. The second kappa shape index (κ2) is 7.52. The summed E-state index contributed by atoms with van der Waals surface area (Å²) in [5, 5.41) is 14.1. The number of nitrogens with one attached hydrogen (secondary N) is 2. The maximum Gasteiger partial charge on any atom is 0.416 e. The van der Waals surface area contributed by atoms with Crippen molar-refractivity contribution >= 4 is 28.1 Å². The predicted octanol–water partition coefficient (Wildman–Crippen LogP) is 4.27. The highest BCUT2D eigenvalue weighted by Crippen LogP contribution is 2.30. The van der Waals surface area contributed by atoms with Gasteiger partial charge >= 0.3 is 6.18 Å². The van der Waals surface area contributed by atoms with Crippen LogP contribution in [-0.2, 0) is 11.0 Å². The Bertz CT molecular complexity index is 896. The van der Waals surface area contributed by atoms with Crippen LogP contribution in [0.1, 0.15) is 5.56 Å². The number of carbonyl (C=O) groups is 1. The third-order valence-corrected chi connectivity index (χ3v) is 4.22. The number of aromatic nitrogens is 2. The summed E-state index contributed by atoms with van der Waals surface area (Å²) in [6, 6.07) is 14.0. The number of carbonyl (C=O) groups excluding carboxylic acids is 1. The van der Waals surface area contributed by atoms with E-state index >= 15 is 0 Å². The van der Waals surface area contributed by atoms with Crippen molar-refractivity contribution in [1.82, 2.24) is 10.2 Å². The SMILES string of the molecule is O=C(CNc1cccc(C(F)(F)F)c1)Nc1nnc(-c2ccccc2)s1. The van der Waals surface area contributed by atoms with E-state index < -0.39 is 17.6 Å². The summed E-state index contributed by atoms with van der Waals surface area (Å²) < 4.78 is 38.0. The van der Waals surface area contributed by atoms with Crippen LogP contribution in [-0.4, -0.2) is 22.6 Å². The maximum absolute atomic E-state index is 12.7. The average Bonchev–Trinajstić information content (AvgIpc) is 3.09. The van der Waals surface area contributed by atoms with Gasteiger partial charge in [-0.25, -0.2) is 0 Å². The van der Waals surface area contributed by atoms with Crippen LogP contribution >= 0.6 is 11.3 Å². The summed E-state index contributed by atoms with van der Waals surface area (Å²) >= 11 is 1.21. The molecule has 0 aliphatic rings. The number of alkyl halides is 3. The highest BCUT2D eigenvalue weighted by atomic mass is 32.1. The third kappa shape index (κ3) is 4.57. The molecule has 1 amide bonds. The molecular formula is C17H13F3N4OS. The number of benzene rings is 2. The molecule has 0 spiro atoms. The molecule has 0 bridgehead atoms. The minimum absolute atomic E-state index is 0.193. The molecule has 0 atom stereocenters. The van der Waals surface area contributed by atoms with E-state index in [0.717, 1.165) is 17.7 Å². The van der Waals surface area contributed by atoms with Crippen molar-refractivity contribution in [2.45, 2.75) is 6.18 Å². The van der Waals surface area contributed by atoms with Crippen LogP contribution in [0, 0.1) is 0 Å². The second-order valence-corrected chi connectivity index (χ2v) is 6.24. The lowest BCUT2D eigenvalue weighted by atomic mass is 10.2. The fourth-order valence-electron chi connectivity index (χ4n) is 2.12. The molecule has 0 aliphatic heterocycles. The van der Waals surface area contributed by atoms with E-state index in [1.807, 2.05) is 30.3 Å². The zero-order valence-electron chi connectivity index (χ0n) is 13.2. The Labute approximate surface area is 150 Å². The van der Waals surface area contributed by atoms with E-state index in [-0.39, 0.29) is 12.2 Å². The molecule has 2 aromatic carbocycles. The van der Waals surface area contributed by atoms with Gasteiger partial charge in [-0.2, -0.15) is 13.2 Å². The summed E-state index contributed by atoms with van der Waals surface area (Å²) in [4.78, 5) is 12.0. The molecule has 0 saturated heterocycles. The Morgan fingerprint density at radius 1 is 1.04 bits per heavy atom. The molecule has 0 saturated carbocycles. The molecule has 1 heterocycles. The molecule has 0 radical (unpaired) electrons. The quantitative estimate of drug-likeness (QED) is 0.696. The van der Waals surface area contributed by atoms with Crippen LogP contribution in [0.4, 0.5) is 24.0 Å². The fraction of sp³-hybridized carbons (Fsp3) is 0.118. The van der Waals surface area contributed by atoms with E-state index in [2.05, 4.69) is 20.8 Å². The van der Waals surface area contributed by atoms with Crippen molar-refractivity contribution in [2.24, 2.45) is 0 Å². The van der Waals surface area contributed by atoms with Gasteiger partial charge in [0.15, 0.2) is 0 Å². The Morgan fingerprint density at radius 3 is 2.54 bits per heavy atom. The summed E-state index contributed by atoms with van der Waals surface area (Å²) in [5.41, 5.74) is 0.310. The van der Waals surface area contributed by atoms with Crippen molar-refractivity contribution in [3.8, 4) is 10.6 Å². The van der Waals surface area contributed by atoms with Gasteiger partial charge in [0, 0.05) is 11.3 Å². The number of rotatable bonds is 5. The molecule has 2 N–H and O–H groups in total. The number of halogens is 3. The topological polar surface area (TPSA) is 66.9 Å². The van der Waals surface area contributed by atoms with Crippen LogP contribution in [0.5, 0.6) is 0 Å². The van der Waals surface area contributed by atoms with Gasteiger partial charge in [0.1, 0.15) is 5.01 Å². The van der Waals surface area contributed by atoms with E-state index in [1.54, 1.807) is 0 Å². The van der Waals surface area contributed by atoms with E-state index in [1.165, 1.54) is 23.5 Å². The van der Waals surface area contributed by atoms with Gasteiger partial charge in [-0.15, -0.1) is 10.2 Å². The first kappa shape index (κ1) is 17.9. The molecule has 3 rings (SSSR count). The largest absolute Gasteiger partial charge is 0.416 e. The zero-order valence-corrected chi connectivity index (χ0v) is 14.1. The van der Waals surface area contributed by atoms with Crippen molar-refractivity contribution in [1.29, 1.82) is 0 Å². The number of hydrogen-bond donors (Lipinski definition) is 2. The predicted molar refractivity (Wildman–Crippen MR) is 93.9 cm³/mol. The number of hydrogen-bond acceptors (Lipinski definition) is 5. The smallest absolute Gasteiger partial charge is 0.376 e. The normalized spacial score (nSPS) is 11.2. The Hall–Kier alpha value is -2.94. The van der Waals surface area contributed by atoms with Gasteiger partial charge in [0.2, 0.25) is 11.0 Å². The van der Waals surface area contributed by atoms with Crippen molar-refractivity contribution < 1.29 is 18.0 Å². The summed E-state index contributed by atoms with van der Waals surface area (Å²) in [6.45, 7) is -0.193. The average molecular weight is 378 g/mol. The molecular weight excluding hydrogens is 365 g/mol. The molecule has 1 aromatic heterocycles. The maximum atomic E-state index is 12.7. The zero-order chi connectivity index (χ0) is 18.6. The number of nitrogens with zero attached hydrogens (tertiary/aromatic N) is 2. The first-order valence-corrected chi connectivity index (χ1v) is 8.33. The summed E-state index contributed by atoms with van der Waals surface area (Å²) in [5.74, 6) is -0.432. The van der Waals surface area contributed by atoms with Gasteiger partial charge in [-0.05, 0) is 18.2 Å². The summed E-state index contributed by atoms with van der Waals surface area (Å²) in [6.07, 6.45) is -4.43. The monoisotopic (exact) mass is 378 g/mol. The molecule has 5 nitrogen and oxygen atoms in total. The van der Waals surface area contributed by atoms with E-state index in [0.29, 0.717) is 10.1 Å². The highest BCUT2D eigenvalue weighted by Gasteiger charge is 2.30. The first-order chi connectivity index (χ1) is 12.4. The van der Waals surface area contributed by atoms with Gasteiger partial charge in [-0.1, -0.05) is 47.7 Å². The first-order valence-electron chi connectivity index (χ1n) is 7.52. The third-order valence-electron chi connectivity index (χ3n) is 3.34. The molecule has 134 valence electrons. The van der Waals surface area contributed by atoms with Crippen LogP contribution < -0.4 is 10.6 Å². The number of anilines is 2. The lowest BCUT2D eigenvalue weighted by molar-refractivity contribution is -0.137. The molecule has 9 heteroatoms. The lowest BCUT2D eigenvalue weighted by Crippen LogP contribution is -2.21. The van der Waals surface area contributed by atoms with Crippen LogP contribution in [0.2, 0.25) is 0 Å². The van der Waals surface area contributed by atoms with E-state index in [4.69, 9.17) is 0 Å². The van der Waals surface area contributed by atoms with Gasteiger partial charge < -0.3 is 5.32 Å². The molecule has 3 aromatic rings. The second-order valence-electron chi connectivity index (χ2n) is 5.26. The lowest BCUT2D eigenvalue weighted by Gasteiger charge is -2.10. The van der Waals surface area contributed by atoms with Gasteiger partial charge in [0.25, 0.3) is 0 Å². The van der Waals surface area contributed by atoms with Crippen LogP contribution in [0.25, 0.3) is 10.6 Å². The Morgan fingerprint density at radius 2 is 1.81 bits per heavy atom. The number of amides is 1. The molecule has 0 fully saturated rings. The highest BCUT2D eigenvalue weighted by molar-refractivity contribution is 7.18. The van der Waals surface area contributed by atoms with Gasteiger partial charge in [0.05, 0.1) is 12.1 Å². The Balaban J connectivity index is 1.58.